The van der Waals surface area contributed by atoms with Gasteiger partial charge in [-0.3, -0.25) is 0 Å². The molecule has 4 rings (SSSR count). The van der Waals surface area contributed by atoms with E-state index in [1.807, 2.05) is 19.4 Å². The molecule has 0 radical (unpaired) electrons. The van der Waals surface area contributed by atoms with E-state index in [9.17, 15) is 0 Å². The molecule has 0 spiro atoms. The van der Waals surface area contributed by atoms with Crippen molar-refractivity contribution in [2.45, 2.75) is 6.92 Å². The molecule has 118 valence electrons. The van der Waals surface area contributed by atoms with Crippen molar-refractivity contribution in [3.05, 3.63) is 72.7 Å². The highest BCUT2D eigenvalue weighted by Crippen LogP contribution is 2.30. The molecule has 2 aromatic carbocycles. The zero-order valence-electron chi connectivity index (χ0n) is 14.2. The highest BCUT2D eigenvalue weighted by atomic mass is 15.0. The number of hydrogen-bond acceptors (Lipinski definition) is 1. The summed E-state index contributed by atoms with van der Waals surface area (Å²) >= 11 is 0. The summed E-state index contributed by atoms with van der Waals surface area (Å²) in [4.78, 5) is 4.51. The summed E-state index contributed by atoms with van der Waals surface area (Å²) in [5, 5.41) is 2.51. The highest BCUT2D eigenvalue weighted by Gasteiger charge is 2.17. The number of fused-ring (bicyclic) bond motifs is 1. The lowest BCUT2D eigenvalue weighted by atomic mass is 9.97. The summed E-state index contributed by atoms with van der Waals surface area (Å²) in [7, 11) is 4.14. The maximum Gasteiger partial charge on any atom is 0.213 e. The first-order valence-corrected chi connectivity index (χ1v) is 8.11. The van der Waals surface area contributed by atoms with Crippen molar-refractivity contribution in [1.29, 1.82) is 0 Å². The highest BCUT2D eigenvalue weighted by molar-refractivity contribution is 5.85. The fourth-order valence-electron chi connectivity index (χ4n) is 3.34. The van der Waals surface area contributed by atoms with E-state index in [2.05, 4.69) is 82.8 Å². The van der Waals surface area contributed by atoms with Crippen LogP contribution in [0.25, 0.3) is 33.4 Å². The quantitative estimate of drug-likeness (QED) is 0.512. The van der Waals surface area contributed by atoms with E-state index < -0.39 is 0 Å². The van der Waals surface area contributed by atoms with Crippen molar-refractivity contribution < 1.29 is 4.57 Å². The number of imidazole rings is 1. The lowest BCUT2D eigenvalue weighted by Gasteiger charge is -2.11. The van der Waals surface area contributed by atoms with Crippen LogP contribution in [0.3, 0.4) is 0 Å². The van der Waals surface area contributed by atoms with Gasteiger partial charge in [0.15, 0.2) is 6.20 Å². The monoisotopic (exact) mass is 314 g/mol. The van der Waals surface area contributed by atoms with E-state index in [-0.39, 0.29) is 0 Å². The van der Waals surface area contributed by atoms with Crippen molar-refractivity contribution in [3.63, 3.8) is 0 Å². The maximum absolute atomic E-state index is 4.51. The molecule has 2 heterocycles. The van der Waals surface area contributed by atoms with E-state index in [1.54, 1.807) is 0 Å². The molecule has 0 saturated carbocycles. The first-order chi connectivity index (χ1) is 11.6. The molecule has 0 aliphatic heterocycles. The van der Waals surface area contributed by atoms with Gasteiger partial charge in [-0.2, -0.15) is 0 Å². The Morgan fingerprint density at radius 1 is 0.958 bits per heavy atom. The molecular formula is C21H20N3+. The number of nitrogens with zero attached hydrogens (tertiary/aromatic N) is 3. The van der Waals surface area contributed by atoms with E-state index in [4.69, 9.17) is 0 Å². The van der Waals surface area contributed by atoms with E-state index in [1.165, 1.54) is 33.2 Å². The van der Waals surface area contributed by atoms with Crippen LogP contribution >= 0.6 is 0 Å². The van der Waals surface area contributed by atoms with E-state index in [0.717, 1.165) is 5.82 Å². The third-order valence-corrected chi connectivity index (χ3v) is 4.67. The lowest BCUT2D eigenvalue weighted by molar-refractivity contribution is -0.659. The summed E-state index contributed by atoms with van der Waals surface area (Å²) in [5.74, 6) is 0.998. The fraction of sp³-hybridized carbons (Fsp3) is 0.143. The molecule has 0 N–H and O–H groups in total. The second kappa shape index (κ2) is 5.60. The molecule has 0 unspecified atom stereocenters. The number of pyridine rings is 1. The third kappa shape index (κ3) is 2.29. The molecular weight excluding hydrogens is 294 g/mol. The number of hydrogen-bond donors (Lipinski definition) is 0. The standard InChI is InChI=1S/C21H20N3/c1-15-18(9-6-10-19(15)21-22-11-12-23(21)2)20-13-16-7-4-5-8-17(16)14-24(20)3/h4-14H,1-3H3/q+1. The van der Waals surface area contributed by atoms with Crippen LogP contribution in [0, 0.1) is 6.92 Å². The molecule has 0 saturated heterocycles. The Morgan fingerprint density at radius 2 is 1.71 bits per heavy atom. The Hall–Kier alpha value is -2.94. The average molecular weight is 314 g/mol. The average Bonchev–Trinajstić information content (AvgIpc) is 3.00. The molecule has 0 aliphatic carbocycles. The number of aryl methyl sites for hydroxylation is 2. The van der Waals surface area contributed by atoms with Gasteiger partial charge >= 0.3 is 0 Å². The largest absolute Gasteiger partial charge is 0.334 e. The first-order valence-electron chi connectivity index (χ1n) is 8.11. The predicted octanol–water partition coefficient (Wildman–Crippen LogP) is 4.04. The lowest BCUT2D eigenvalue weighted by Crippen LogP contribution is -2.30. The summed E-state index contributed by atoms with van der Waals surface area (Å²) in [6.07, 6.45) is 6.02. The molecule has 2 aromatic heterocycles. The Balaban J connectivity index is 1.95. The number of aromatic nitrogens is 3. The summed E-state index contributed by atoms with van der Waals surface area (Å²) < 4.78 is 4.26. The van der Waals surface area contributed by atoms with Gasteiger partial charge < -0.3 is 4.57 Å². The summed E-state index contributed by atoms with van der Waals surface area (Å²) in [6.45, 7) is 2.18. The summed E-state index contributed by atoms with van der Waals surface area (Å²) in [6, 6.07) is 17.2. The normalized spacial score (nSPS) is 11.1. The van der Waals surface area contributed by atoms with Gasteiger partial charge in [-0.1, -0.05) is 30.3 Å². The minimum absolute atomic E-state index is 0.998. The van der Waals surface area contributed by atoms with Gasteiger partial charge in [0, 0.05) is 42.0 Å². The maximum atomic E-state index is 4.51. The smallest absolute Gasteiger partial charge is 0.213 e. The van der Waals surface area contributed by atoms with Gasteiger partial charge in [-0.25, -0.2) is 9.55 Å². The van der Waals surface area contributed by atoms with Crippen LogP contribution in [0.2, 0.25) is 0 Å². The van der Waals surface area contributed by atoms with Crippen LogP contribution in [-0.4, -0.2) is 9.55 Å². The van der Waals surface area contributed by atoms with Crippen LogP contribution in [0.4, 0.5) is 0 Å². The minimum atomic E-state index is 0.998. The molecule has 3 heteroatoms. The second-order valence-electron chi connectivity index (χ2n) is 6.24. The zero-order chi connectivity index (χ0) is 16.7. The van der Waals surface area contributed by atoms with Gasteiger partial charge in [0.1, 0.15) is 12.9 Å². The molecule has 4 aromatic rings. The first kappa shape index (κ1) is 14.6. The Kier molecular flexibility index (Phi) is 3.42. The van der Waals surface area contributed by atoms with Crippen molar-refractivity contribution in [1.82, 2.24) is 9.55 Å². The van der Waals surface area contributed by atoms with Gasteiger partial charge in [0.2, 0.25) is 5.69 Å². The molecule has 0 bridgehead atoms. The van der Waals surface area contributed by atoms with E-state index >= 15 is 0 Å². The van der Waals surface area contributed by atoms with Crippen molar-refractivity contribution >= 4 is 10.8 Å². The van der Waals surface area contributed by atoms with Crippen molar-refractivity contribution in [2.75, 3.05) is 0 Å². The van der Waals surface area contributed by atoms with Crippen LogP contribution in [0.1, 0.15) is 5.56 Å². The SMILES string of the molecule is Cc1c(-c2nccn2C)cccc1-c1cc2ccccc2c[n+]1C. The minimum Gasteiger partial charge on any atom is -0.334 e. The Bertz CT molecular complexity index is 1040. The zero-order valence-corrected chi connectivity index (χ0v) is 14.2. The molecule has 0 amide bonds. The van der Waals surface area contributed by atoms with Crippen molar-refractivity contribution in [2.24, 2.45) is 14.1 Å². The van der Waals surface area contributed by atoms with E-state index in [0.29, 0.717) is 0 Å². The molecule has 0 fully saturated rings. The van der Waals surface area contributed by atoms with Crippen LogP contribution in [0.5, 0.6) is 0 Å². The van der Waals surface area contributed by atoms with Crippen molar-refractivity contribution in [3.8, 4) is 22.6 Å². The fourth-order valence-corrected chi connectivity index (χ4v) is 3.34. The second-order valence-corrected chi connectivity index (χ2v) is 6.24. The van der Waals surface area contributed by atoms with Crippen LogP contribution < -0.4 is 4.57 Å². The Labute approximate surface area is 141 Å². The molecule has 24 heavy (non-hydrogen) atoms. The Morgan fingerprint density at radius 3 is 2.46 bits per heavy atom. The molecule has 0 atom stereocenters. The molecule has 0 aliphatic rings. The van der Waals surface area contributed by atoms with Gasteiger partial charge in [-0.15, -0.1) is 0 Å². The van der Waals surface area contributed by atoms with Crippen LogP contribution in [-0.2, 0) is 14.1 Å². The number of rotatable bonds is 2. The third-order valence-electron chi connectivity index (χ3n) is 4.67. The topological polar surface area (TPSA) is 21.7 Å². The molecule has 3 nitrogen and oxygen atoms in total. The summed E-state index contributed by atoms with van der Waals surface area (Å²) in [5.41, 5.74) is 4.87. The van der Waals surface area contributed by atoms with Gasteiger partial charge in [-0.05, 0) is 30.0 Å². The number of benzene rings is 2. The van der Waals surface area contributed by atoms with Crippen LogP contribution in [0.15, 0.2) is 67.1 Å². The predicted molar refractivity (Wildman–Crippen MR) is 97.5 cm³/mol. The van der Waals surface area contributed by atoms with Gasteiger partial charge in [0.05, 0.1) is 0 Å². The van der Waals surface area contributed by atoms with Gasteiger partial charge in [0.25, 0.3) is 0 Å².